The van der Waals surface area contributed by atoms with Crippen molar-refractivity contribution in [1.29, 1.82) is 0 Å². The number of hydrogen-bond donors (Lipinski definition) is 1. The van der Waals surface area contributed by atoms with Gasteiger partial charge in [-0.1, -0.05) is 48.0 Å². The van der Waals surface area contributed by atoms with Crippen LogP contribution in [0.15, 0.2) is 48.5 Å². The van der Waals surface area contributed by atoms with Crippen LogP contribution in [0.5, 0.6) is 0 Å². The molecular formula is C17H19F2N. The monoisotopic (exact) mass is 275 g/mol. The lowest BCUT2D eigenvalue weighted by Crippen LogP contribution is -2.18. The Balaban J connectivity index is 1.97. The van der Waals surface area contributed by atoms with E-state index >= 15 is 0 Å². The molecule has 0 aromatic heterocycles. The third-order valence-electron chi connectivity index (χ3n) is 3.39. The van der Waals surface area contributed by atoms with Crippen LogP contribution >= 0.6 is 0 Å². The van der Waals surface area contributed by atoms with Gasteiger partial charge >= 0.3 is 0 Å². The molecule has 0 saturated carbocycles. The second-order valence-electron chi connectivity index (χ2n) is 5.06. The predicted octanol–water partition coefficient (Wildman–Crippen LogP) is 4.78. The summed E-state index contributed by atoms with van der Waals surface area (Å²) in [5.74, 6) is 0. The van der Waals surface area contributed by atoms with Crippen LogP contribution in [0.3, 0.4) is 0 Å². The lowest BCUT2D eigenvalue weighted by Gasteiger charge is -2.15. The normalized spacial score (nSPS) is 12.7. The summed E-state index contributed by atoms with van der Waals surface area (Å²) in [5.41, 5.74) is 3.38. The Morgan fingerprint density at radius 2 is 1.70 bits per heavy atom. The van der Waals surface area contributed by atoms with Gasteiger partial charge in [0.2, 0.25) is 0 Å². The largest absolute Gasteiger partial charge is 0.306 e. The Morgan fingerprint density at radius 3 is 2.35 bits per heavy atom. The summed E-state index contributed by atoms with van der Waals surface area (Å²) >= 11 is 0. The standard InChI is InChI=1S/C17H19F2N/c1-12-6-8-15(9-7-12)13(2)20-11-14-4-3-5-16(10-14)17(18)19/h3-10,13,17,20H,11H2,1-2H3/t13-/m1/s1. The summed E-state index contributed by atoms with van der Waals surface area (Å²) in [6, 6.07) is 15.1. The molecule has 0 radical (unpaired) electrons. The van der Waals surface area contributed by atoms with Crippen LogP contribution in [0.4, 0.5) is 8.78 Å². The van der Waals surface area contributed by atoms with Crippen molar-refractivity contribution in [3.8, 4) is 0 Å². The maximum absolute atomic E-state index is 12.6. The quantitative estimate of drug-likeness (QED) is 0.827. The maximum Gasteiger partial charge on any atom is 0.263 e. The van der Waals surface area contributed by atoms with Crippen molar-refractivity contribution in [3.63, 3.8) is 0 Å². The molecule has 1 N–H and O–H groups in total. The van der Waals surface area contributed by atoms with Gasteiger partial charge in [0, 0.05) is 18.2 Å². The molecule has 3 heteroatoms. The Bertz CT molecular complexity index is 549. The number of alkyl halides is 2. The van der Waals surface area contributed by atoms with E-state index in [1.807, 2.05) is 6.07 Å². The first-order valence-corrected chi connectivity index (χ1v) is 6.73. The van der Waals surface area contributed by atoms with E-state index in [1.165, 1.54) is 17.2 Å². The van der Waals surface area contributed by atoms with Crippen LogP contribution in [0, 0.1) is 6.92 Å². The van der Waals surface area contributed by atoms with E-state index in [0.717, 1.165) is 5.56 Å². The second-order valence-corrected chi connectivity index (χ2v) is 5.06. The number of halogens is 2. The van der Waals surface area contributed by atoms with Gasteiger partial charge < -0.3 is 5.32 Å². The molecule has 2 aromatic carbocycles. The number of rotatable bonds is 5. The summed E-state index contributed by atoms with van der Waals surface area (Å²) in [6.07, 6.45) is -2.41. The molecule has 1 atom stereocenters. The Morgan fingerprint density at radius 1 is 1.00 bits per heavy atom. The van der Waals surface area contributed by atoms with Crippen LogP contribution in [-0.2, 0) is 6.54 Å². The Hall–Kier alpha value is -1.74. The average molecular weight is 275 g/mol. The topological polar surface area (TPSA) is 12.0 Å². The second kappa shape index (κ2) is 6.62. The number of benzene rings is 2. The van der Waals surface area contributed by atoms with E-state index in [4.69, 9.17) is 0 Å². The van der Waals surface area contributed by atoms with Gasteiger partial charge in [-0.25, -0.2) is 8.78 Å². The van der Waals surface area contributed by atoms with Crippen molar-refractivity contribution in [2.45, 2.75) is 32.9 Å². The zero-order valence-electron chi connectivity index (χ0n) is 11.7. The molecule has 0 fully saturated rings. The molecule has 0 saturated heterocycles. The molecule has 0 aliphatic heterocycles. The molecule has 2 rings (SSSR count). The highest BCUT2D eigenvalue weighted by Gasteiger charge is 2.08. The molecule has 0 heterocycles. The SMILES string of the molecule is Cc1ccc([C@@H](C)NCc2cccc(C(F)F)c2)cc1. The summed E-state index contributed by atoms with van der Waals surface area (Å²) in [6.45, 7) is 4.70. The van der Waals surface area contributed by atoms with Gasteiger partial charge in [-0.3, -0.25) is 0 Å². The fourth-order valence-corrected chi connectivity index (χ4v) is 2.08. The Labute approximate surface area is 118 Å². The molecule has 0 spiro atoms. The molecule has 0 amide bonds. The van der Waals surface area contributed by atoms with E-state index < -0.39 is 6.43 Å². The molecule has 20 heavy (non-hydrogen) atoms. The zero-order valence-corrected chi connectivity index (χ0v) is 11.7. The van der Waals surface area contributed by atoms with E-state index in [1.54, 1.807) is 12.1 Å². The van der Waals surface area contributed by atoms with Gasteiger partial charge in [-0.2, -0.15) is 0 Å². The number of aryl methyl sites for hydroxylation is 1. The third kappa shape index (κ3) is 3.87. The molecule has 106 valence electrons. The molecule has 0 aliphatic rings. The number of hydrogen-bond acceptors (Lipinski definition) is 1. The molecule has 2 aromatic rings. The summed E-state index contributed by atoms with van der Waals surface area (Å²) in [5, 5.41) is 3.36. The third-order valence-corrected chi connectivity index (χ3v) is 3.39. The highest BCUT2D eigenvalue weighted by Crippen LogP contribution is 2.20. The first-order valence-electron chi connectivity index (χ1n) is 6.73. The van der Waals surface area contributed by atoms with Gasteiger partial charge in [0.15, 0.2) is 0 Å². The molecular weight excluding hydrogens is 256 g/mol. The molecule has 1 nitrogen and oxygen atoms in total. The lowest BCUT2D eigenvalue weighted by atomic mass is 10.1. The van der Waals surface area contributed by atoms with Gasteiger partial charge in [-0.05, 0) is 31.0 Å². The van der Waals surface area contributed by atoms with Crippen molar-refractivity contribution in [1.82, 2.24) is 5.32 Å². The van der Waals surface area contributed by atoms with Crippen LogP contribution in [0.1, 0.15) is 41.6 Å². The first-order chi connectivity index (χ1) is 9.56. The first kappa shape index (κ1) is 14.7. The summed E-state index contributed by atoms with van der Waals surface area (Å²) in [7, 11) is 0. The average Bonchev–Trinajstić information content (AvgIpc) is 2.46. The van der Waals surface area contributed by atoms with Gasteiger partial charge in [0.25, 0.3) is 6.43 Å². The highest BCUT2D eigenvalue weighted by molar-refractivity contribution is 5.26. The minimum absolute atomic E-state index is 0.0762. The summed E-state index contributed by atoms with van der Waals surface area (Å²) < 4.78 is 25.3. The summed E-state index contributed by atoms with van der Waals surface area (Å²) in [4.78, 5) is 0. The van der Waals surface area contributed by atoms with Gasteiger partial charge in [0.05, 0.1) is 0 Å². The highest BCUT2D eigenvalue weighted by atomic mass is 19.3. The van der Waals surface area contributed by atoms with Crippen LogP contribution < -0.4 is 5.32 Å². The van der Waals surface area contributed by atoms with E-state index in [-0.39, 0.29) is 11.6 Å². The van der Waals surface area contributed by atoms with E-state index in [9.17, 15) is 8.78 Å². The van der Waals surface area contributed by atoms with Crippen molar-refractivity contribution in [2.24, 2.45) is 0 Å². The van der Waals surface area contributed by atoms with Gasteiger partial charge in [0.1, 0.15) is 0 Å². The van der Waals surface area contributed by atoms with Crippen LogP contribution in [0.2, 0.25) is 0 Å². The molecule has 0 unspecified atom stereocenters. The van der Waals surface area contributed by atoms with Crippen molar-refractivity contribution in [3.05, 3.63) is 70.8 Å². The van der Waals surface area contributed by atoms with Crippen molar-refractivity contribution < 1.29 is 8.78 Å². The minimum atomic E-state index is -2.41. The smallest absolute Gasteiger partial charge is 0.263 e. The Kier molecular flexibility index (Phi) is 4.85. The van der Waals surface area contributed by atoms with E-state index in [2.05, 4.69) is 43.4 Å². The molecule has 0 aliphatic carbocycles. The number of nitrogens with one attached hydrogen (secondary N) is 1. The van der Waals surface area contributed by atoms with Crippen LogP contribution in [-0.4, -0.2) is 0 Å². The lowest BCUT2D eigenvalue weighted by molar-refractivity contribution is 0.151. The fourth-order valence-electron chi connectivity index (χ4n) is 2.08. The zero-order chi connectivity index (χ0) is 14.5. The van der Waals surface area contributed by atoms with Crippen LogP contribution in [0.25, 0.3) is 0 Å². The van der Waals surface area contributed by atoms with Gasteiger partial charge in [-0.15, -0.1) is 0 Å². The predicted molar refractivity (Wildman–Crippen MR) is 77.8 cm³/mol. The maximum atomic E-state index is 12.6. The molecule has 0 bridgehead atoms. The van der Waals surface area contributed by atoms with Crippen molar-refractivity contribution in [2.75, 3.05) is 0 Å². The van der Waals surface area contributed by atoms with Crippen molar-refractivity contribution >= 4 is 0 Å². The van der Waals surface area contributed by atoms with E-state index in [0.29, 0.717) is 6.54 Å². The fraction of sp³-hybridized carbons (Fsp3) is 0.294. The minimum Gasteiger partial charge on any atom is -0.306 e.